The average Bonchev–Trinajstić information content (AvgIpc) is 2.59. The fourth-order valence-corrected chi connectivity index (χ4v) is 1.98. The van der Waals surface area contributed by atoms with Crippen LogP contribution in [0.2, 0.25) is 0 Å². The van der Waals surface area contributed by atoms with Crippen molar-refractivity contribution in [3.63, 3.8) is 0 Å². The van der Waals surface area contributed by atoms with Gasteiger partial charge >= 0.3 is 18.6 Å². The smallest absolute Gasteiger partial charge is 0.387 e. The first-order chi connectivity index (χ1) is 13.1. The second-order valence-electron chi connectivity index (χ2n) is 5.79. The maximum absolute atomic E-state index is 12.6. The van der Waals surface area contributed by atoms with Crippen molar-refractivity contribution >= 4 is 24.0 Å². The Kier molecular flexibility index (Phi) is 8.86. The molecule has 0 aliphatic rings. The van der Waals surface area contributed by atoms with Crippen molar-refractivity contribution < 1.29 is 37.4 Å². The fourth-order valence-electron chi connectivity index (χ4n) is 1.98. The molecular formula is C18H22F2N2O6. The number of urea groups is 1. The van der Waals surface area contributed by atoms with Gasteiger partial charge in [-0.15, -0.1) is 0 Å². The van der Waals surface area contributed by atoms with Crippen molar-refractivity contribution in [1.29, 1.82) is 0 Å². The third-order valence-corrected chi connectivity index (χ3v) is 3.15. The summed E-state index contributed by atoms with van der Waals surface area (Å²) in [5, 5.41) is 4.47. The summed E-state index contributed by atoms with van der Waals surface area (Å²) in [6.45, 7) is 1.61. The summed E-state index contributed by atoms with van der Waals surface area (Å²) >= 11 is 0. The molecule has 0 unspecified atom stereocenters. The minimum absolute atomic E-state index is 0.0553. The lowest BCUT2D eigenvalue weighted by Crippen LogP contribution is -2.46. The third kappa shape index (κ3) is 7.60. The van der Waals surface area contributed by atoms with E-state index in [2.05, 4.69) is 10.1 Å². The number of carbonyl (C=O) groups excluding carboxylic acids is 3. The van der Waals surface area contributed by atoms with Crippen molar-refractivity contribution in [3.8, 4) is 11.5 Å². The molecule has 0 bridgehead atoms. The first-order valence-corrected chi connectivity index (χ1v) is 8.25. The molecule has 0 fully saturated rings. The Morgan fingerprint density at radius 1 is 1.14 bits per heavy atom. The number of hydrogen-bond acceptors (Lipinski definition) is 6. The van der Waals surface area contributed by atoms with Gasteiger partial charge in [0.05, 0.1) is 7.11 Å². The number of methoxy groups -OCH3 is 1. The second kappa shape index (κ2) is 10.9. The number of halogens is 2. The van der Waals surface area contributed by atoms with E-state index in [0.29, 0.717) is 0 Å². The molecule has 1 aromatic carbocycles. The zero-order valence-corrected chi connectivity index (χ0v) is 15.8. The largest absolute Gasteiger partial charge is 0.493 e. The van der Waals surface area contributed by atoms with Gasteiger partial charge < -0.3 is 19.5 Å². The van der Waals surface area contributed by atoms with Crippen molar-refractivity contribution in [2.75, 3.05) is 7.11 Å². The highest BCUT2D eigenvalue weighted by Crippen LogP contribution is 2.33. The van der Waals surface area contributed by atoms with Crippen LogP contribution in [-0.2, 0) is 14.3 Å². The summed E-state index contributed by atoms with van der Waals surface area (Å²) in [4.78, 5) is 35.1. The Morgan fingerprint density at radius 3 is 2.39 bits per heavy atom. The van der Waals surface area contributed by atoms with Crippen molar-refractivity contribution in [2.24, 2.45) is 0 Å². The van der Waals surface area contributed by atoms with Crippen molar-refractivity contribution in [2.45, 2.75) is 39.5 Å². The quantitative estimate of drug-likeness (QED) is 0.513. The van der Waals surface area contributed by atoms with Gasteiger partial charge in [-0.2, -0.15) is 8.78 Å². The van der Waals surface area contributed by atoms with Crippen LogP contribution in [0.15, 0.2) is 24.3 Å². The second-order valence-corrected chi connectivity index (χ2v) is 5.79. The molecule has 0 aliphatic carbocycles. The summed E-state index contributed by atoms with van der Waals surface area (Å²) in [5.74, 6) is -1.93. The lowest BCUT2D eigenvalue weighted by Gasteiger charge is -2.14. The zero-order chi connectivity index (χ0) is 21.3. The molecule has 2 N–H and O–H groups in total. The van der Waals surface area contributed by atoms with Gasteiger partial charge in [0, 0.05) is 17.7 Å². The summed E-state index contributed by atoms with van der Waals surface area (Å²) < 4.78 is 39.4. The topological polar surface area (TPSA) is 103 Å². The lowest BCUT2D eigenvalue weighted by molar-refractivity contribution is -0.149. The number of alkyl halides is 2. The first-order valence-electron chi connectivity index (χ1n) is 8.25. The van der Waals surface area contributed by atoms with Crippen LogP contribution in [0.4, 0.5) is 13.6 Å². The maximum Gasteiger partial charge on any atom is 0.387 e. The molecule has 0 aliphatic heterocycles. The average molecular weight is 400 g/mol. The number of nitrogens with one attached hydrogen (secondary N) is 2. The predicted molar refractivity (Wildman–Crippen MR) is 96.0 cm³/mol. The number of carbonyl (C=O) groups is 3. The minimum Gasteiger partial charge on any atom is -0.493 e. The number of rotatable bonds is 8. The first kappa shape index (κ1) is 22.9. The van der Waals surface area contributed by atoms with Crippen LogP contribution in [0.25, 0.3) is 6.08 Å². The van der Waals surface area contributed by atoms with E-state index >= 15 is 0 Å². The van der Waals surface area contributed by atoms with E-state index in [4.69, 9.17) is 9.47 Å². The number of ether oxygens (including phenoxy) is 3. The predicted octanol–water partition coefficient (Wildman–Crippen LogP) is 2.48. The Hall–Kier alpha value is -3.17. The van der Waals surface area contributed by atoms with Gasteiger partial charge in [-0.25, -0.2) is 9.59 Å². The number of amides is 3. The molecule has 8 nitrogen and oxygen atoms in total. The fraction of sp³-hybridized carbons (Fsp3) is 0.389. The van der Waals surface area contributed by atoms with Gasteiger partial charge in [-0.1, -0.05) is 12.1 Å². The van der Waals surface area contributed by atoms with E-state index in [1.165, 1.54) is 38.3 Å². The van der Waals surface area contributed by atoms with E-state index < -0.39 is 30.6 Å². The van der Waals surface area contributed by atoms with Crippen molar-refractivity contribution in [1.82, 2.24) is 10.6 Å². The molecule has 1 aromatic rings. The van der Waals surface area contributed by atoms with Crippen LogP contribution in [0.3, 0.4) is 0 Å². The molecule has 0 aromatic heterocycles. The highest BCUT2D eigenvalue weighted by atomic mass is 19.3. The molecule has 10 heteroatoms. The summed E-state index contributed by atoms with van der Waals surface area (Å²) in [6, 6.07) is 3.47. The maximum atomic E-state index is 12.6. The zero-order valence-electron chi connectivity index (χ0n) is 15.8. The molecule has 28 heavy (non-hydrogen) atoms. The monoisotopic (exact) mass is 400 g/mol. The number of imide groups is 1. The van der Waals surface area contributed by atoms with Crippen LogP contribution < -0.4 is 20.1 Å². The third-order valence-electron chi connectivity index (χ3n) is 3.15. The van der Waals surface area contributed by atoms with Gasteiger partial charge in [0.1, 0.15) is 0 Å². The summed E-state index contributed by atoms with van der Waals surface area (Å²) in [7, 11) is 1.28. The molecule has 0 spiro atoms. The van der Waals surface area contributed by atoms with Gasteiger partial charge in [-0.05, 0) is 32.9 Å². The number of benzene rings is 1. The van der Waals surface area contributed by atoms with E-state index in [9.17, 15) is 23.2 Å². The lowest BCUT2D eigenvalue weighted by atomic mass is 10.1. The molecule has 0 saturated heterocycles. The van der Waals surface area contributed by atoms with Crippen LogP contribution in [-0.4, -0.2) is 43.8 Å². The summed E-state index contributed by atoms with van der Waals surface area (Å²) in [5.41, 5.74) is 0.144. The Bertz CT molecular complexity index is 737. The van der Waals surface area contributed by atoms with Crippen LogP contribution in [0, 0.1) is 0 Å². The highest BCUT2D eigenvalue weighted by Gasteiger charge is 2.19. The van der Waals surface area contributed by atoms with E-state index in [1.54, 1.807) is 13.8 Å². The van der Waals surface area contributed by atoms with Crippen LogP contribution >= 0.6 is 0 Å². The molecule has 3 amide bonds. The Labute approximate surface area is 160 Å². The van der Waals surface area contributed by atoms with Gasteiger partial charge in [-0.3, -0.25) is 10.1 Å². The SMILES string of the molecule is COc1cccc(/C=C/C(=O)O[C@H](C)C(=O)NC(=O)NC(C)C)c1OC(F)F. The molecular weight excluding hydrogens is 378 g/mol. The van der Waals surface area contributed by atoms with Crippen LogP contribution in [0.1, 0.15) is 26.3 Å². The number of hydrogen-bond donors (Lipinski definition) is 2. The Morgan fingerprint density at radius 2 is 1.82 bits per heavy atom. The van der Waals surface area contributed by atoms with E-state index in [0.717, 1.165) is 6.08 Å². The number of para-hydroxylation sites is 1. The minimum atomic E-state index is -3.09. The van der Waals surface area contributed by atoms with Crippen LogP contribution in [0.5, 0.6) is 11.5 Å². The molecule has 1 rings (SSSR count). The number of esters is 1. The molecule has 154 valence electrons. The van der Waals surface area contributed by atoms with Gasteiger partial charge in [0.2, 0.25) is 0 Å². The summed E-state index contributed by atoms with van der Waals surface area (Å²) in [6.07, 6.45) is 0.862. The molecule has 1 atom stereocenters. The normalized spacial score (nSPS) is 12.0. The molecule has 0 heterocycles. The van der Waals surface area contributed by atoms with E-state index in [1.807, 2.05) is 5.32 Å². The van der Waals surface area contributed by atoms with Gasteiger partial charge in [0.25, 0.3) is 5.91 Å². The highest BCUT2D eigenvalue weighted by molar-refractivity contribution is 5.98. The Balaban J connectivity index is 2.76. The van der Waals surface area contributed by atoms with E-state index in [-0.39, 0.29) is 23.1 Å². The molecule has 0 radical (unpaired) electrons. The standard InChI is InChI=1S/C18H22F2N2O6/c1-10(2)21-18(25)22-16(24)11(3)27-14(23)9-8-12-6-5-7-13(26-4)15(12)28-17(19)20/h5-11,17H,1-4H3,(H2,21,22,24,25)/b9-8+/t11-/m1/s1. The van der Waals surface area contributed by atoms with Crippen molar-refractivity contribution in [3.05, 3.63) is 29.8 Å². The molecule has 0 saturated carbocycles. The van der Waals surface area contributed by atoms with Gasteiger partial charge in [0.15, 0.2) is 17.6 Å².